The highest BCUT2D eigenvalue weighted by atomic mass is 16.3. The van der Waals surface area contributed by atoms with E-state index in [1.54, 1.807) is 12.1 Å². The first-order valence-electron chi connectivity index (χ1n) is 2.47. The van der Waals surface area contributed by atoms with Crippen LogP contribution in [0, 0.1) is 5.39 Å². The van der Waals surface area contributed by atoms with Gasteiger partial charge in [-0.2, -0.15) is 0 Å². The molecular weight excluding hydrogens is 116 g/mol. The molecule has 0 radical (unpaired) electrons. The zero-order valence-corrected chi connectivity index (χ0v) is 4.65. The van der Waals surface area contributed by atoms with E-state index < -0.39 is 0 Å². The van der Waals surface area contributed by atoms with Gasteiger partial charge in [0, 0.05) is 6.07 Å². The fourth-order valence-corrected chi connectivity index (χ4v) is 0.549. The molecule has 1 N–H and O–H groups in total. The molecule has 3 nitrogen and oxygen atoms in total. The summed E-state index contributed by atoms with van der Waals surface area (Å²) >= 11 is 0. The fourth-order valence-electron chi connectivity index (χ4n) is 0.549. The van der Waals surface area contributed by atoms with Crippen molar-refractivity contribution in [3.63, 3.8) is 0 Å². The second kappa shape index (κ2) is 2.14. The largest absolute Gasteiger partial charge is 0.501 e. The van der Waals surface area contributed by atoms with Gasteiger partial charge in [-0.1, -0.05) is 12.1 Å². The van der Waals surface area contributed by atoms with Gasteiger partial charge in [-0.25, -0.2) is 0 Å². The third kappa shape index (κ3) is 0.970. The predicted octanol–water partition coefficient (Wildman–Crippen LogP) is 1.88. The number of hydrogen-bond acceptors (Lipinski definition) is 2. The van der Waals surface area contributed by atoms with Gasteiger partial charge >= 0.3 is 5.69 Å². The summed E-state index contributed by atoms with van der Waals surface area (Å²) in [4.78, 5) is 2.82. The van der Waals surface area contributed by atoms with Crippen LogP contribution in [0.3, 0.4) is 0 Å². The number of para-hydroxylation sites is 1. The first-order valence-corrected chi connectivity index (χ1v) is 2.47. The predicted molar refractivity (Wildman–Crippen MR) is 32.9 cm³/mol. The number of rotatable bonds is 0. The van der Waals surface area contributed by atoms with Gasteiger partial charge in [0.25, 0.3) is 0 Å². The van der Waals surface area contributed by atoms with Gasteiger partial charge in [-0.05, 0) is 6.07 Å². The molecule has 0 aliphatic heterocycles. The fraction of sp³-hybridized carbons (Fsp3) is 0. The zero-order valence-electron chi connectivity index (χ0n) is 4.65. The van der Waals surface area contributed by atoms with E-state index in [1.807, 2.05) is 0 Å². The van der Waals surface area contributed by atoms with Crippen molar-refractivity contribution in [3.8, 4) is 5.75 Å². The average molecular weight is 121 g/mol. The molecule has 0 fully saturated rings. The van der Waals surface area contributed by atoms with Crippen molar-refractivity contribution in [1.82, 2.24) is 0 Å². The van der Waals surface area contributed by atoms with Crippen molar-refractivity contribution in [2.45, 2.75) is 0 Å². The molecule has 0 aliphatic carbocycles. The van der Waals surface area contributed by atoms with E-state index in [-0.39, 0.29) is 11.4 Å². The lowest BCUT2D eigenvalue weighted by Crippen LogP contribution is -1.61. The number of benzene rings is 1. The Kier molecular flexibility index (Phi) is 1.32. The molecule has 9 heavy (non-hydrogen) atoms. The molecule has 1 aromatic carbocycles. The van der Waals surface area contributed by atoms with Crippen molar-refractivity contribution in [3.05, 3.63) is 29.2 Å². The summed E-state index contributed by atoms with van der Waals surface area (Å²) in [5.74, 6) is -0.0139. The second-order valence-electron chi connectivity index (χ2n) is 1.59. The third-order valence-electron chi connectivity index (χ3n) is 0.989. The van der Waals surface area contributed by atoms with E-state index in [0.29, 0.717) is 0 Å². The monoisotopic (exact) mass is 121 g/mol. The molecule has 0 saturated carbocycles. The van der Waals surface area contributed by atoms with E-state index in [2.05, 4.69) is 4.98 Å². The maximum absolute atomic E-state index is 8.86. The molecule has 0 aromatic heterocycles. The van der Waals surface area contributed by atoms with Crippen LogP contribution in [0.1, 0.15) is 0 Å². The average Bonchev–Trinajstić information content (AvgIpc) is 1.89. The van der Waals surface area contributed by atoms with Crippen LogP contribution in [0.4, 0.5) is 5.69 Å². The summed E-state index contributed by atoms with van der Waals surface area (Å²) in [5, 5.41) is 17.0. The molecule has 3 heteroatoms. The van der Waals surface area contributed by atoms with Crippen LogP contribution in [-0.2, 0) is 0 Å². The Labute approximate surface area is 52.2 Å². The maximum atomic E-state index is 8.86. The van der Waals surface area contributed by atoms with E-state index in [9.17, 15) is 0 Å². The number of phenolic OH excluding ortho intramolecular Hbond substituents is 1. The second-order valence-corrected chi connectivity index (χ2v) is 1.59. The van der Waals surface area contributed by atoms with Gasteiger partial charge in [-0.3, -0.25) is 0 Å². The highest BCUT2D eigenvalue weighted by Gasteiger charge is 2.08. The molecule has 0 heterocycles. The molecule has 1 rings (SSSR count). The minimum absolute atomic E-state index is 0.0139. The van der Waals surface area contributed by atoms with Crippen LogP contribution < -0.4 is 0 Å². The van der Waals surface area contributed by atoms with Gasteiger partial charge in [-0.15, -0.1) is 0 Å². The summed E-state index contributed by atoms with van der Waals surface area (Å²) < 4.78 is 0. The first-order chi connectivity index (χ1) is 4.34. The molecule has 0 aliphatic rings. The van der Waals surface area contributed by atoms with Crippen molar-refractivity contribution in [1.29, 1.82) is 5.39 Å². The van der Waals surface area contributed by atoms with Crippen molar-refractivity contribution < 1.29 is 5.11 Å². The van der Waals surface area contributed by atoms with Gasteiger partial charge in [0.05, 0.1) is 0 Å². The Morgan fingerprint density at radius 2 is 2.00 bits per heavy atom. The van der Waals surface area contributed by atoms with Crippen molar-refractivity contribution in [2.75, 3.05) is 0 Å². The smallest absolute Gasteiger partial charge is 0.426 e. The summed E-state index contributed by atoms with van der Waals surface area (Å²) in [5.41, 5.74) is 0.192. The Morgan fingerprint density at radius 1 is 1.33 bits per heavy atom. The summed E-state index contributed by atoms with van der Waals surface area (Å²) in [6.45, 7) is 0. The molecule has 44 valence electrons. The third-order valence-corrected chi connectivity index (χ3v) is 0.989. The SMILES string of the molecule is N#[N+]c1ccccc1O. The first kappa shape index (κ1) is 5.57. The zero-order chi connectivity index (χ0) is 6.69. The summed E-state index contributed by atoms with van der Waals surface area (Å²) in [6, 6.07) is 6.29. The van der Waals surface area contributed by atoms with Crippen LogP contribution in [0.2, 0.25) is 0 Å². The molecule has 1 aromatic rings. The highest BCUT2D eigenvalue weighted by molar-refractivity contribution is 5.55. The minimum atomic E-state index is -0.0139. The molecular formula is C6H5N2O+. The summed E-state index contributed by atoms with van der Waals surface area (Å²) in [7, 11) is 0. The Balaban J connectivity index is 3.20. The molecule has 0 spiro atoms. The Hall–Kier alpha value is -1.56. The lowest BCUT2D eigenvalue weighted by Gasteiger charge is -1.80. The Morgan fingerprint density at radius 3 is 2.44 bits per heavy atom. The van der Waals surface area contributed by atoms with E-state index >= 15 is 0 Å². The topological polar surface area (TPSA) is 48.4 Å². The van der Waals surface area contributed by atoms with Gasteiger partial charge in [0.15, 0.2) is 4.98 Å². The molecule has 0 unspecified atom stereocenters. The summed E-state index contributed by atoms with van der Waals surface area (Å²) in [6.07, 6.45) is 0. The standard InChI is InChI=1S/C6H4N2O/c7-8-5-3-1-2-4-6(5)9/h1-4H/p+1. The van der Waals surface area contributed by atoms with Crippen LogP contribution in [0.5, 0.6) is 5.75 Å². The van der Waals surface area contributed by atoms with E-state index in [1.165, 1.54) is 12.1 Å². The highest BCUT2D eigenvalue weighted by Crippen LogP contribution is 2.23. The minimum Gasteiger partial charge on any atom is -0.501 e. The van der Waals surface area contributed by atoms with Gasteiger partial charge in [0.2, 0.25) is 11.1 Å². The maximum Gasteiger partial charge on any atom is 0.426 e. The van der Waals surface area contributed by atoms with E-state index in [0.717, 1.165) is 0 Å². The lowest BCUT2D eigenvalue weighted by molar-refractivity contribution is 0.478. The molecule has 0 amide bonds. The van der Waals surface area contributed by atoms with Crippen molar-refractivity contribution >= 4 is 5.69 Å². The molecule has 0 atom stereocenters. The number of phenols is 1. The van der Waals surface area contributed by atoms with E-state index in [4.69, 9.17) is 10.5 Å². The molecule has 0 saturated heterocycles. The van der Waals surface area contributed by atoms with Gasteiger partial charge in [0.1, 0.15) is 0 Å². The van der Waals surface area contributed by atoms with Crippen LogP contribution in [-0.4, -0.2) is 5.11 Å². The Bertz CT molecular complexity index is 251. The van der Waals surface area contributed by atoms with Crippen LogP contribution in [0.15, 0.2) is 24.3 Å². The number of nitrogens with zero attached hydrogens (tertiary/aromatic N) is 2. The number of diazo groups is 1. The lowest BCUT2D eigenvalue weighted by atomic mass is 10.3. The van der Waals surface area contributed by atoms with Gasteiger partial charge < -0.3 is 5.11 Å². The molecule has 0 bridgehead atoms. The number of hydrogen-bond donors (Lipinski definition) is 1. The van der Waals surface area contributed by atoms with Crippen molar-refractivity contribution in [2.24, 2.45) is 0 Å². The number of aromatic hydroxyl groups is 1. The normalized spacial score (nSPS) is 8.33. The quantitative estimate of drug-likeness (QED) is 0.532. The van der Waals surface area contributed by atoms with Crippen LogP contribution >= 0.6 is 0 Å². The van der Waals surface area contributed by atoms with Crippen LogP contribution in [0.25, 0.3) is 4.98 Å².